The summed E-state index contributed by atoms with van der Waals surface area (Å²) in [5.41, 5.74) is 0.848. The molecule has 4 heteroatoms. The number of pyridine rings is 1. The Bertz CT molecular complexity index is 365. The Balaban J connectivity index is 3.01. The highest BCUT2D eigenvalue weighted by molar-refractivity contribution is 9.10. The molecule has 1 rings (SSSR count). The molecule has 0 N–H and O–H groups in total. The maximum atomic E-state index is 4.11. The molecule has 1 heterocycles. The number of aliphatic imine (C=N–C) groups is 2. The third kappa shape index (κ3) is 2.88. The van der Waals surface area contributed by atoms with Gasteiger partial charge in [-0.2, -0.15) is 0 Å². The van der Waals surface area contributed by atoms with Gasteiger partial charge in [0, 0.05) is 18.0 Å². The van der Waals surface area contributed by atoms with E-state index in [1.165, 1.54) is 0 Å². The number of nitrogens with zero attached hydrogens (tertiary/aromatic N) is 3. The minimum Gasteiger partial charge on any atom is -0.249 e. The highest BCUT2D eigenvalue weighted by Crippen LogP contribution is 2.07. The molecule has 0 aliphatic carbocycles. The van der Waals surface area contributed by atoms with Crippen molar-refractivity contribution in [1.29, 1.82) is 0 Å². The van der Waals surface area contributed by atoms with Crippen LogP contribution in [-0.4, -0.2) is 17.5 Å². The summed E-state index contributed by atoms with van der Waals surface area (Å²) < 4.78 is 0.788. The predicted octanol–water partition coefficient (Wildman–Crippen LogP) is 2.82. The Kier molecular flexibility index (Phi) is 4.19. The summed E-state index contributed by atoms with van der Waals surface area (Å²) in [7, 11) is 0. The van der Waals surface area contributed by atoms with Gasteiger partial charge in [-0.1, -0.05) is 6.08 Å². The first-order valence-corrected chi connectivity index (χ1v) is 4.85. The molecule has 0 saturated carbocycles. The van der Waals surface area contributed by atoms with Crippen molar-refractivity contribution in [3.8, 4) is 0 Å². The van der Waals surface area contributed by atoms with Gasteiger partial charge in [0.1, 0.15) is 4.60 Å². The topological polar surface area (TPSA) is 37.6 Å². The summed E-state index contributed by atoms with van der Waals surface area (Å²) in [6.45, 7) is 5.35. The van der Waals surface area contributed by atoms with E-state index in [0.717, 1.165) is 10.2 Å². The minimum absolute atomic E-state index is 0.572. The zero-order chi connectivity index (χ0) is 10.4. The molecule has 0 unspecified atom stereocenters. The molecule has 0 spiro atoms. The van der Waals surface area contributed by atoms with Crippen LogP contribution in [0.1, 0.15) is 12.5 Å². The lowest BCUT2D eigenvalue weighted by molar-refractivity contribution is 1.26. The van der Waals surface area contributed by atoms with E-state index in [0.29, 0.717) is 5.84 Å². The van der Waals surface area contributed by atoms with E-state index in [1.807, 2.05) is 25.1 Å². The molecular weight excluding hydrogens is 242 g/mol. The van der Waals surface area contributed by atoms with Crippen molar-refractivity contribution in [3.05, 3.63) is 40.8 Å². The standard InChI is InChI=1S/C10H10BrN3/c1-3-6-13-10(12-2)8-4-5-9(11)14-7-8/h3-7H,2H2,1H3/b6-3-,13-10?. The number of amidine groups is 1. The minimum atomic E-state index is 0.572. The van der Waals surface area contributed by atoms with Gasteiger partial charge in [-0.15, -0.1) is 0 Å². The lowest BCUT2D eigenvalue weighted by atomic mass is 10.3. The van der Waals surface area contributed by atoms with Crippen molar-refractivity contribution in [2.45, 2.75) is 6.92 Å². The zero-order valence-corrected chi connectivity index (χ0v) is 9.40. The Morgan fingerprint density at radius 3 is 2.86 bits per heavy atom. The van der Waals surface area contributed by atoms with Crippen LogP contribution >= 0.6 is 15.9 Å². The Morgan fingerprint density at radius 2 is 2.36 bits per heavy atom. The van der Waals surface area contributed by atoms with E-state index in [-0.39, 0.29) is 0 Å². The quantitative estimate of drug-likeness (QED) is 0.453. The molecule has 0 saturated heterocycles. The van der Waals surface area contributed by atoms with Gasteiger partial charge in [0.2, 0.25) is 0 Å². The number of rotatable bonds is 2. The van der Waals surface area contributed by atoms with Crippen LogP contribution in [0.3, 0.4) is 0 Å². The molecule has 0 radical (unpaired) electrons. The molecule has 0 bridgehead atoms. The van der Waals surface area contributed by atoms with Crippen LogP contribution in [0.5, 0.6) is 0 Å². The smallest absolute Gasteiger partial charge is 0.160 e. The molecule has 0 aromatic carbocycles. The molecule has 72 valence electrons. The highest BCUT2D eigenvalue weighted by Gasteiger charge is 1.99. The van der Waals surface area contributed by atoms with Crippen LogP contribution in [0, 0.1) is 0 Å². The van der Waals surface area contributed by atoms with Gasteiger partial charge in [-0.25, -0.2) is 15.0 Å². The van der Waals surface area contributed by atoms with Gasteiger partial charge >= 0.3 is 0 Å². The van der Waals surface area contributed by atoms with Gasteiger partial charge in [0.15, 0.2) is 5.84 Å². The second-order valence-electron chi connectivity index (χ2n) is 2.46. The first kappa shape index (κ1) is 10.8. The number of hydrogen-bond donors (Lipinski definition) is 0. The molecule has 1 aromatic heterocycles. The molecule has 0 aliphatic rings. The van der Waals surface area contributed by atoms with Crippen molar-refractivity contribution in [2.24, 2.45) is 9.98 Å². The summed E-state index contributed by atoms with van der Waals surface area (Å²) in [4.78, 5) is 12.0. The fraction of sp³-hybridized carbons (Fsp3) is 0.100. The summed E-state index contributed by atoms with van der Waals surface area (Å²) in [5.74, 6) is 0.572. The van der Waals surface area contributed by atoms with E-state index in [2.05, 4.69) is 37.6 Å². The van der Waals surface area contributed by atoms with Crippen LogP contribution < -0.4 is 0 Å². The second-order valence-corrected chi connectivity index (χ2v) is 3.28. The Labute approximate surface area is 91.4 Å². The van der Waals surface area contributed by atoms with Crippen LogP contribution in [0.25, 0.3) is 0 Å². The lowest BCUT2D eigenvalue weighted by Crippen LogP contribution is -1.96. The fourth-order valence-electron chi connectivity index (χ4n) is 0.860. The maximum absolute atomic E-state index is 4.11. The summed E-state index contributed by atoms with van der Waals surface area (Å²) in [5, 5.41) is 0. The van der Waals surface area contributed by atoms with Crippen LogP contribution in [0.2, 0.25) is 0 Å². The average Bonchev–Trinajstić information content (AvgIpc) is 2.21. The Morgan fingerprint density at radius 1 is 1.57 bits per heavy atom. The van der Waals surface area contributed by atoms with Crippen molar-refractivity contribution in [1.82, 2.24) is 4.98 Å². The van der Waals surface area contributed by atoms with Gasteiger partial charge < -0.3 is 0 Å². The van der Waals surface area contributed by atoms with Crippen molar-refractivity contribution in [2.75, 3.05) is 0 Å². The molecule has 14 heavy (non-hydrogen) atoms. The number of hydrogen-bond acceptors (Lipinski definition) is 2. The van der Waals surface area contributed by atoms with Crippen LogP contribution in [-0.2, 0) is 0 Å². The monoisotopic (exact) mass is 251 g/mol. The van der Waals surface area contributed by atoms with Crippen molar-refractivity contribution in [3.63, 3.8) is 0 Å². The van der Waals surface area contributed by atoms with Gasteiger partial charge in [0.25, 0.3) is 0 Å². The second kappa shape index (κ2) is 5.44. The zero-order valence-electron chi connectivity index (χ0n) is 7.81. The van der Waals surface area contributed by atoms with E-state index in [9.17, 15) is 0 Å². The first-order chi connectivity index (χ1) is 6.77. The molecule has 0 fully saturated rings. The van der Waals surface area contributed by atoms with E-state index >= 15 is 0 Å². The fourth-order valence-corrected chi connectivity index (χ4v) is 1.09. The largest absolute Gasteiger partial charge is 0.249 e. The third-order valence-corrected chi connectivity index (χ3v) is 1.95. The van der Waals surface area contributed by atoms with Gasteiger partial charge in [-0.3, -0.25) is 0 Å². The van der Waals surface area contributed by atoms with E-state index in [4.69, 9.17) is 0 Å². The normalized spacial score (nSPS) is 12.0. The van der Waals surface area contributed by atoms with Gasteiger partial charge in [-0.05, 0) is 41.7 Å². The summed E-state index contributed by atoms with van der Waals surface area (Å²) in [6, 6.07) is 3.72. The molecule has 1 aromatic rings. The van der Waals surface area contributed by atoms with Crippen molar-refractivity contribution < 1.29 is 0 Å². The molecular formula is C10H10BrN3. The Hall–Kier alpha value is -1.29. The van der Waals surface area contributed by atoms with Crippen LogP contribution in [0.4, 0.5) is 0 Å². The van der Waals surface area contributed by atoms with Crippen molar-refractivity contribution >= 4 is 28.5 Å². The molecule has 0 amide bonds. The molecule has 3 nitrogen and oxygen atoms in total. The molecule has 0 aliphatic heterocycles. The SMILES string of the molecule is C=NC(=N/C=C\C)c1ccc(Br)nc1. The summed E-state index contributed by atoms with van der Waals surface area (Å²) >= 11 is 3.26. The number of allylic oxidation sites excluding steroid dienone is 1. The van der Waals surface area contributed by atoms with Gasteiger partial charge in [0.05, 0.1) is 0 Å². The predicted molar refractivity (Wildman–Crippen MR) is 62.8 cm³/mol. The summed E-state index contributed by atoms with van der Waals surface area (Å²) in [6.07, 6.45) is 5.20. The molecule has 0 atom stereocenters. The van der Waals surface area contributed by atoms with E-state index < -0.39 is 0 Å². The maximum Gasteiger partial charge on any atom is 0.160 e. The van der Waals surface area contributed by atoms with Crippen LogP contribution in [0.15, 0.2) is 45.2 Å². The number of halogens is 1. The highest BCUT2D eigenvalue weighted by atomic mass is 79.9. The van der Waals surface area contributed by atoms with E-state index in [1.54, 1.807) is 12.4 Å². The number of aromatic nitrogens is 1. The third-order valence-electron chi connectivity index (χ3n) is 1.48. The average molecular weight is 252 g/mol. The first-order valence-electron chi connectivity index (χ1n) is 4.05. The lowest BCUT2D eigenvalue weighted by Gasteiger charge is -1.98.